The minimum atomic E-state index is -2.36. The molecule has 0 N–H and O–H groups in total. The number of rotatable bonds is 6. The van der Waals surface area contributed by atoms with Crippen molar-refractivity contribution in [1.29, 1.82) is 0 Å². The van der Waals surface area contributed by atoms with E-state index in [1.54, 1.807) is 25.2 Å². The van der Waals surface area contributed by atoms with Gasteiger partial charge >= 0.3 is 0 Å². The van der Waals surface area contributed by atoms with Crippen LogP contribution in [0.4, 0.5) is 8.78 Å². The number of hydrogen-bond acceptors (Lipinski definition) is 2. The molecule has 0 atom stereocenters. The summed E-state index contributed by atoms with van der Waals surface area (Å²) in [6.45, 7) is 0.0355. The number of halogens is 3. The Morgan fingerprint density at radius 3 is 2.65 bits per heavy atom. The first-order valence-corrected chi connectivity index (χ1v) is 6.04. The minimum Gasteiger partial charge on any atom is -0.300 e. The van der Waals surface area contributed by atoms with Crippen molar-refractivity contribution in [3.8, 4) is 0 Å². The Bertz CT molecular complexity index is 385. The lowest BCUT2D eigenvalue weighted by Crippen LogP contribution is -2.27. The van der Waals surface area contributed by atoms with E-state index in [1.807, 2.05) is 6.07 Å². The van der Waals surface area contributed by atoms with Crippen molar-refractivity contribution in [2.24, 2.45) is 0 Å². The zero-order valence-electron chi connectivity index (χ0n) is 9.50. The van der Waals surface area contributed by atoms with Gasteiger partial charge in [-0.3, -0.25) is 4.79 Å². The molecule has 0 radical (unpaired) electrons. The lowest BCUT2D eigenvalue weighted by atomic mass is 10.1. The van der Waals surface area contributed by atoms with Gasteiger partial charge in [0, 0.05) is 23.0 Å². The van der Waals surface area contributed by atoms with E-state index in [1.165, 1.54) is 4.90 Å². The monoisotopic (exact) mass is 305 g/mol. The Balaban J connectivity index is 2.48. The number of carbonyl (C=O) groups is 1. The summed E-state index contributed by atoms with van der Waals surface area (Å²) in [5, 5.41) is 0. The van der Waals surface area contributed by atoms with Crippen LogP contribution in [0.2, 0.25) is 0 Å². The average Bonchev–Trinajstić information content (AvgIpc) is 2.25. The maximum absolute atomic E-state index is 12.1. The van der Waals surface area contributed by atoms with Gasteiger partial charge in [0.05, 0.1) is 6.54 Å². The highest BCUT2D eigenvalue weighted by Gasteiger charge is 2.12. The van der Waals surface area contributed by atoms with Crippen LogP contribution in [0.25, 0.3) is 0 Å². The molecule has 1 aromatic carbocycles. The van der Waals surface area contributed by atoms with E-state index in [2.05, 4.69) is 15.9 Å². The first-order chi connectivity index (χ1) is 8.00. The third-order valence-electron chi connectivity index (χ3n) is 2.34. The van der Waals surface area contributed by atoms with E-state index in [4.69, 9.17) is 0 Å². The Morgan fingerprint density at radius 1 is 1.41 bits per heavy atom. The lowest BCUT2D eigenvalue weighted by molar-refractivity contribution is 0.0881. The van der Waals surface area contributed by atoms with Gasteiger partial charge in [0.1, 0.15) is 0 Å². The molecule has 0 aliphatic rings. The van der Waals surface area contributed by atoms with Gasteiger partial charge in [-0.2, -0.15) is 0 Å². The summed E-state index contributed by atoms with van der Waals surface area (Å²) < 4.78 is 24.9. The van der Waals surface area contributed by atoms with Crippen LogP contribution in [0, 0.1) is 0 Å². The van der Waals surface area contributed by atoms with E-state index in [0.717, 1.165) is 4.47 Å². The molecule has 94 valence electrons. The molecule has 1 rings (SSSR count). The summed E-state index contributed by atoms with van der Waals surface area (Å²) in [5.74, 6) is -0.0430. The summed E-state index contributed by atoms with van der Waals surface area (Å²) in [4.78, 5) is 13.3. The van der Waals surface area contributed by atoms with E-state index in [0.29, 0.717) is 12.1 Å². The fourth-order valence-corrected chi connectivity index (χ4v) is 1.95. The van der Waals surface area contributed by atoms with Crippen LogP contribution in [-0.2, 0) is 0 Å². The largest absolute Gasteiger partial charge is 0.300 e. The molecule has 0 heterocycles. The molecule has 0 saturated heterocycles. The average molecular weight is 306 g/mol. The number of nitrogens with zero attached hydrogens (tertiary/aromatic N) is 1. The van der Waals surface area contributed by atoms with Crippen LogP contribution in [0.3, 0.4) is 0 Å². The molecule has 0 fully saturated rings. The van der Waals surface area contributed by atoms with Crippen molar-refractivity contribution in [3.05, 3.63) is 34.3 Å². The summed E-state index contributed by atoms with van der Waals surface area (Å²) in [5.41, 5.74) is 0.595. The molecule has 0 aliphatic carbocycles. The molecule has 0 saturated carbocycles. The summed E-state index contributed by atoms with van der Waals surface area (Å²) >= 11 is 3.29. The van der Waals surface area contributed by atoms with Crippen LogP contribution in [0.15, 0.2) is 28.7 Å². The van der Waals surface area contributed by atoms with Crippen molar-refractivity contribution in [3.63, 3.8) is 0 Å². The van der Waals surface area contributed by atoms with Crippen LogP contribution < -0.4 is 0 Å². The Kier molecular flexibility index (Phi) is 5.71. The third-order valence-corrected chi connectivity index (χ3v) is 3.04. The van der Waals surface area contributed by atoms with Gasteiger partial charge < -0.3 is 4.90 Å². The van der Waals surface area contributed by atoms with Crippen molar-refractivity contribution >= 4 is 21.7 Å². The van der Waals surface area contributed by atoms with Gasteiger partial charge in [0.15, 0.2) is 5.78 Å². The lowest BCUT2D eigenvalue weighted by Gasteiger charge is -2.15. The third kappa shape index (κ3) is 4.91. The van der Waals surface area contributed by atoms with Crippen LogP contribution in [0.5, 0.6) is 0 Å². The maximum atomic E-state index is 12.1. The smallest absolute Gasteiger partial charge is 0.251 e. The van der Waals surface area contributed by atoms with Crippen molar-refractivity contribution in [2.75, 3.05) is 20.1 Å². The quantitative estimate of drug-likeness (QED) is 0.752. The molecular formula is C12H14BrF2NO. The highest BCUT2D eigenvalue weighted by Crippen LogP contribution is 2.17. The second kappa shape index (κ2) is 6.81. The standard InChI is InChI=1S/C12H14BrF2NO/c1-16(8-12(14)15)7-6-11(17)9-4-2-3-5-10(9)13/h2-5,12H,6-8H2,1H3. The van der Waals surface area contributed by atoms with Crippen LogP contribution in [-0.4, -0.2) is 37.2 Å². The van der Waals surface area contributed by atoms with Crippen LogP contribution >= 0.6 is 15.9 Å². The Labute approximate surface area is 108 Å². The van der Waals surface area contributed by atoms with E-state index in [-0.39, 0.29) is 18.7 Å². The van der Waals surface area contributed by atoms with E-state index >= 15 is 0 Å². The second-order valence-corrected chi connectivity index (χ2v) is 4.66. The highest BCUT2D eigenvalue weighted by molar-refractivity contribution is 9.10. The van der Waals surface area contributed by atoms with Gasteiger partial charge in [-0.1, -0.05) is 34.1 Å². The molecular weight excluding hydrogens is 292 g/mol. The summed E-state index contributed by atoms with van der Waals surface area (Å²) in [6, 6.07) is 7.11. The molecule has 1 aromatic rings. The highest BCUT2D eigenvalue weighted by atomic mass is 79.9. The number of ketones is 1. The minimum absolute atomic E-state index is 0.0430. The fourth-order valence-electron chi connectivity index (χ4n) is 1.44. The van der Waals surface area contributed by atoms with Gasteiger partial charge in [-0.15, -0.1) is 0 Å². The van der Waals surface area contributed by atoms with Crippen molar-refractivity contribution in [1.82, 2.24) is 4.90 Å². The molecule has 5 heteroatoms. The predicted octanol–water partition coefficient (Wildman–Crippen LogP) is 3.22. The van der Waals surface area contributed by atoms with Gasteiger partial charge in [0.2, 0.25) is 0 Å². The molecule has 0 unspecified atom stereocenters. The molecule has 0 spiro atoms. The van der Waals surface area contributed by atoms with E-state index in [9.17, 15) is 13.6 Å². The van der Waals surface area contributed by atoms with Crippen LogP contribution in [0.1, 0.15) is 16.8 Å². The van der Waals surface area contributed by atoms with Crippen molar-refractivity contribution in [2.45, 2.75) is 12.8 Å². The Morgan fingerprint density at radius 2 is 2.06 bits per heavy atom. The first-order valence-electron chi connectivity index (χ1n) is 5.25. The number of carbonyl (C=O) groups excluding carboxylic acids is 1. The molecule has 17 heavy (non-hydrogen) atoms. The molecule has 0 amide bonds. The van der Waals surface area contributed by atoms with Gasteiger partial charge in [0.25, 0.3) is 6.43 Å². The summed E-state index contributed by atoms with van der Waals surface area (Å²) in [6.07, 6.45) is -2.12. The first kappa shape index (κ1) is 14.3. The molecule has 2 nitrogen and oxygen atoms in total. The molecule has 0 aliphatic heterocycles. The number of Topliss-reactive ketones (excluding diaryl/α,β-unsaturated/α-hetero) is 1. The second-order valence-electron chi connectivity index (χ2n) is 3.81. The summed E-state index contributed by atoms with van der Waals surface area (Å²) in [7, 11) is 1.58. The van der Waals surface area contributed by atoms with Gasteiger partial charge in [-0.05, 0) is 13.1 Å². The van der Waals surface area contributed by atoms with Crippen molar-refractivity contribution < 1.29 is 13.6 Å². The maximum Gasteiger partial charge on any atom is 0.251 e. The Hall–Kier alpha value is -0.810. The number of hydrogen-bond donors (Lipinski definition) is 0. The molecule has 0 aromatic heterocycles. The van der Waals surface area contributed by atoms with E-state index < -0.39 is 6.43 Å². The SMILES string of the molecule is CN(CCC(=O)c1ccccc1Br)CC(F)F. The fraction of sp³-hybridized carbons (Fsp3) is 0.417. The topological polar surface area (TPSA) is 20.3 Å². The van der Waals surface area contributed by atoms with Gasteiger partial charge in [-0.25, -0.2) is 8.78 Å². The number of benzene rings is 1. The number of alkyl halides is 2. The predicted molar refractivity (Wildman–Crippen MR) is 66.6 cm³/mol. The zero-order chi connectivity index (χ0) is 12.8. The zero-order valence-corrected chi connectivity index (χ0v) is 11.1. The molecule has 0 bridgehead atoms. The normalized spacial score (nSPS) is 11.2.